The lowest BCUT2D eigenvalue weighted by Crippen LogP contribution is -2.56. The van der Waals surface area contributed by atoms with E-state index in [1.54, 1.807) is 4.90 Å². The van der Waals surface area contributed by atoms with Crippen LogP contribution >= 0.6 is 0 Å². The predicted octanol–water partition coefficient (Wildman–Crippen LogP) is 3.60. The Labute approximate surface area is 152 Å². The predicted molar refractivity (Wildman–Crippen MR) is 89.6 cm³/mol. The molecular weight excluding hydrogens is 364 g/mol. The molecule has 1 fully saturated rings. The van der Waals surface area contributed by atoms with E-state index in [0.717, 1.165) is 6.07 Å². The zero-order chi connectivity index (χ0) is 19.4. The lowest BCUT2D eigenvalue weighted by atomic mass is 9.80. The van der Waals surface area contributed by atoms with Crippen molar-refractivity contribution >= 4 is 11.6 Å². The summed E-state index contributed by atoms with van der Waals surface area (Å²) in [6.45, 7) is -0.195. The molecule has 1 atom stereocenters. The van der Waals surface area contributed by atoms with E-state index in [0.29, 0.717) is 5.56 Å². The third-order valence-electron chi connectivity index (χ3n) is 5.31. The van der Waals surface area contributed by atoms with Gasteiger partial charge in [0.05, 0.1) is 5.69 Å². The van der Waals surface area contributed by atoms with E-state index >= 15 is 0 Å². The van der Waals surface area contributed by atoms with Crippen molar-refractivity contribution in [3.8, 4) is 5.75 Å². The SMILES string of the molecule is O=C1Nc2c(ccc(F)c2F)C1(c1ccc(O)cc1)N1CCC(F)(F)CC1. The van der Waals surface area contributed by atoms with Crippen LogP contribution < -0.4 is 5.32 Å². The number of carbonyl (C=O) groups excluding carboxylic acids is 1. The molecule has 0 spiro atoms. The zero-order valence-corrected chi connectivity index (χ0v) is 14.1. The smallest absolute Gasteiger partial charge is 0.254 e. The third kappa shape index (κ3) is 2.58. The number of nitrogens with zero attached hydrogens (tertiary/aromatic N) is 1. The average molecular weight is 380 g/mol. The maximum Gasteiger partial charge on any atom is 0.254 e. The summed E-state index contributed by atoms with van der Waals surface area (Å²) < 4.78 is 55.4. The molecule has 0 radical (unpaired) electrons. The number of benzene rings is 2. The van der Waals surface area contributed by atoms with Gasteiger partial charge >= 0.3 is 0 Å². The number of likely N-dealkylation sites (tertiary alicyclic amines) is 1. The Morgan fingerprint density at radius 2 is 1.63 bits per heavy atom. The van der Waals surface area contributed by atoms with Crippen LogP contribution in [0.15, 0.2) is 36.4 Å². The third-order valence-corrected chi connectivity index (χ3v) is 5.31. The van der Waals surface area contributed by atoms with Gasteiger partial charge in [-0.3, -0.25) is 9.69 Å². The van der Waals surface area contributed by atoms with Crippen LogP contribution in [0.2, 0.25) is 0 Å². The molecule has 1 saturated heterocycles. The van der Waals surface area contributed by atoms with Gasteiger partial charge in [-0.25, -0.2) is 17.6 Å². The Hall–Kier alpha value is -2.61. The molecule has 0 bridgehead atoms. The maximum absolute atomic E-state index is 14.3. The number of nitrogens with one attached hydrogen (secondary N) is 1. The number of hydrogen-bond donors (Lipinski definition) is 2. The van der Waals surface area contributed by atoms with Gasteiger partial charge in [0.25, 0.3) is 11.8 Å². The largest absolute Gasteiger partial charge is 0.508 e. The van der Waals surface area contributed by atoms with E-state index < -0.39 is 41.8 Å². The summed E-state index contributed by atoms with van der Waals surface area (Å²) in [5, 5.41) is 12.0. The fraction of sp³-hybridized carbons (Fsp3) is 0.316. The molecule has 142 valence electrons. The van der Waals surface area contributed by atoms with Crippen molar-refractivity contribution < 1.29 is 27.5 Å². The molecular formula is C19H16F4N2O2. The van der Waals surface area contributed by atoms with E-state index in [1.807, 2.05) is 0 Å². The number of anilines is 1. The first-order valence-electron chi connectivity index (χ1n) is 8.48. The number of hydrogen-bond acceptors (Lipinski definition) is 3. The Morgan fingerprint density at radius 1 is 1.00 bits per heavy atom. The Bertz CT molecular complexity index is 907. The highest BCUT2D eigenvalue weighted by molar-refractivity contribution is 6.08. The molecule has 1 amide bonds. The van der Waals surface area contributed by atoms with Crippen LogP contribution in [0, 0.1) is 11.6 Å². The molecule has 1 unspecified atom stereocenters. The fourth-order valence-electron chi connectivity index (χ4n) is 3.96. The van der Waals surface area contributed by atoms with Crippen LogP contribution in [0.1, 0.15) is 24.0 Å². The molecule has 4 nitrogen and oxygen atoms in total. The van der Waals surface area contributed by atoms with Gasteiger partial charge in [-0.2, -0.15) is 0 Å². The molecule has 2 heterocycles. The van der Waals surface area contributed by atoms with Gasteiger partial charge in [-0.15, -0.1) is 0 Å². The van der Waals surface area contributed by atoms with Crippen molar-refractivity contribution in [1.29, 1.82) is 0 Å². The first-order chi connectivity index (χ1) is 12.8. The lowest BCUT2D eigenvalue weighted by molar-refractivity contribution is -0.130. The van der Waals surface area contributed by atoms with Crippen molar-refractivity contribution in [3.63, 3.8) is 0 Å². The van der Waals surface area contributed by atoms with E-state index in [1.165, 1.54) is 30.3 Å². The lowest BCUT2D eigenvalue weighted by Gasteiger charge is -2.43. The van der Waals surface area contributed by atoms with Gasteiger partial charge in [0.1, 0.15) is 5.75 Å². The van der Waals surface area contributed by atoms with E-state index in [4.69, 9.17) is 0 Å². The average Bonchev–Trinajstić information content (AvgIpc) is 2.93. The molecule has 0 aromatic heterocycles. The monoisotopic (exact) mass is 380 g/mol. The van der Waals surface area contributed by atoms with E-state index in [-0.39, 0.29) is 30.1 Å². The summed E-state index contributed by atoms with van der Waals surface area (Å²) in [5.74, 6) is -5.82. The molecule has 2 aromatic carbocycles. The second-order valence-electron chi connectivity index (χ2n) is 6.84. The molecule has 2 aliphatic rings. The molecule has 8 heteroatoms. The van der Waals surface area contributed by atoms with Crippen LogP contribution in [-0.2, 0) is 10.3 Å². The van der Waals surface area contributed by atoms with Crippen molar-refractivity contribution in [3.05, 3.63) is 59.2 Å². The molecule has 2 aromatic rings. The number of halogens is 4. The summed E-state index contributed by atoms with van der Waals surface area (Å²) in [6.07, 6.45) is -0.891. The maximum atomic E-state index is 14.3. The zero-order valence-electron chi connectivity index (χ0n) is 14.1. The quantitative estimate of drug-likeness (QED) is 0.783. The summed E-state index contributed by atoms with van der Waals surface area (Å²) in [6, 6.07) is 7.91. The van der Waals surface area contributed by atoms with Crippen LogP contribution in [0.4, 0.5) is 23.2 Å². The Balaban J connectivity index is 1.92. The minimum absolute atomic E-state index is 0.0389. The second-order valence-corrected chi connectivity index (χ2v) is 6.84. The highest BCUT2D eigenvalue weighted by Crippen LogP contribution is 2.48. The molecule has 2 N–H and O–H groups in total. The van der Waals surface area contributed by atoms with Crippen molar-refractivity contribution in [1.82, 2.24) is 4.90 Å². The number of aromatic hydroxyl groups is 1. The highest BCUT2D eigenvalue weighted by atomic mass is 19.3. The summed E-state index contributed by atoms with van der Waals surface area (Å²) in [4.78, 5) is 14.6. The second kappa shape index (κ2) is 5.95. The first kappa shape index (κ1) is 17.8. The van der Waals surface area contributed by atoms with Crippen LogP contribution in [0.5, 0.6) is 5.75 Å². The number of alkyl halides is 2. The number of piperidine rings is 1. The van der Waals surface area contributed by atoms with Crippen LogP contribution in [0.3, 0.4) is 0 Å². The van der Waals surface area contributed by atoms with Gasteiger partial charge in [0, 0.05) is 31.5 Å². The summed E-state index contributed by atoms with van der Waals surface area (Å²) in [5.41, 5.74) is -1.31. The molecule has 4 rings (SSSR count). The number of carbonyl (C=O) groups is 1. The van der Waals surface area contributed by atoms with Crippen molar-refractivity contribution in [2.45, 2.75) is 24.3 Å². The number of phenols is 1. The fourth-order valence-corrected chi connectivity index (χ4v) is 3.96. The van der Waals surface area contributed by atoms with Gasteiger partial charge < -0.3 is 10.4 Å². The van der Waals surface area contributed by atoms with Gasteiger partial charge in [-0.05, 0) is 23.8 Å². The minimum Gasteiger partial charge on any atom is -0.508 e. The topological polar surface area (TPSA) is 52.6 Å². The highest BCUT2D eigenvalue weighted by Gasteiger charge is 2.55. The minimum atomic E-state index is -2.83. The molecule has 0 aliphatic carbocycles. The van der Waals surface area contributed by atoms with Gasteiger partial charge in [0.15, 0.2) is 17.2 Å². The van der Waals surface area contributed by atoms with Crippen molar-refractivity contribution in [2.75, 3.05) is 18.4 Å². The van der Waals surface area contributed by atoms with Crippen LogP contribution in [-0.4, -0.2) is 34.9 Å². The summed E-state index contributed by atoms with van der Waals surface area (Å²) >= 11 is 0. The van der Waals surface area contributed by atoms with Gasteiger partial charge in [0.2, 0.25) is 0 Å². The van der Waals surface area contributed by atoms with E-state index in [2.05, 4.69) is 5.32 Å². The standard InChI is InChI=1S/C19H16F4N2O2/c20-14-6-5-13-16(15(14)21)24-17(27)19(13,11-1-3-12(26)4-2-11)25-9-7-18(22,23)8-10-25/h1-6,26H,7-10H2,(H,24,27). The number of amides is 1. The van der Waals surface area contributed by atoms with E-state index in [9.17, 15) is 27.5 Å². The molecule has 2 aliphatic heterocycles. The molecule has 27 heavy (non-hydrogen) atoms. The molecule has 0 saturated carbocycles. The summed E-state index contributed by atoms with van der Waals surface area (Å²) in [7, 11) is 0. The first-order valence-corrected chi connectivity index (χ1v) is 8.48. The van der Waals surface area contributed by atoms with Gasteiger partial charge in [-0.1, -0.05) is 18.2 Å². The van der Waals surface area contributed by atoms with Crippen LogP contribution in [0.25, 0.3) is 0 Å². The Morgan fingerprint density at radius 3 is 2.26 bits per heavy atom. The number of fused-ring (bicyclic) bond motifs is 1. The number of phenolic OH excluding ortho intramolecular Hbond substituents is 1. The van der Waals surface area contributed by atoms with Crippen molar-refractivity contribution in [2.24, 2.45) is 0 Å². The number of rotatable bonds is 2. The normalized spacial score (nSPS) is 24.5. The Kier molecular flexibility index (Phi) is 3.92.